The largest absolute Gasteiger partial charge is 0.317 e. The Bertz CT molecular complexity index is 131. The predicted octanol–water partition coefficient (Wildman–Crippen LogP) is 4.23. The van der Waals surface area contributed by atoms with Crippen molar-refractivity contribution < 1.29 is 0 Å². The zero-order chi connectivity index (χ0) is 11.7. The minimum Gasteiger partial charge on any atom is -0.317 e. The molecule has 0 fully saturated rings. The molecule has 1 heteroatoms. The Balaban J connectivity index is 3.61. The van der Waals surface area contributed by atoms with Crippen LogP contribution in [0.25, 0.3) is 0 Å². The molecule has 0 aliphatic rings. The summed E-state index contributed by atoms with van der Waals surface area (Å²) in [7, 11) is 2.11. The van der Waals surface area contributed by atoms with Crippen molar-refractivity contribution in [1.29, 1.82) is 0 Å². The van der Waals surface area contributed by atoms with Crippen LogP contribution in [0.5, 0.6) is 0 Å². The third-order valence-corrected chi connectivity index (χ3v) is 3.68. The average molecular weight is 213 g/mol. The summed E-state index contributed by atoms with van der Waals surface area (Å²) in [5.74, 6) is 1.58. The molecule has 0 amide bonds. The van der Waals surface area contributed by atoms with Gasteiger partial charge in [0.05, 0.1) is 0 Å². The Hall–Kier alpha value is -0.0400. The number of nitrogens with one attached hydrogen (secondary N) is 1. The van der Waals surface area contributed by atoms with Crippen LogP contribution in [0.3, 0.4) is 0 Å². The van der Waals surface area contributed by atoms with Crippen molar-refractivity contribution in [3.05, 3.63) is 0 Å². The highest BCUT2D eigenvalue weighted by molar-refractivity contribution is 4.73. The number of hydrogen-bond acceptors (Lipinski definition) is 1. The van der Waals surface area contributed by atoms with Gasteiger partial charge in [-0.25, -0.2) is 0 Å². The van der Waals surface area contributed by atoms with E-state index in [1.807, 2.05) is 0 Å². The number of hydrogen-bond donors (Lipinski definition) is 1. The van der Waals surface area contributed by atoms with Gasteiger partial charge in [0.15, 0.2) is 0 Å². The molecule has 0 spiro atoms. The third kappa shape index (κ3) is 6.94. The Morgan fingerprint density at radius 3 is 2.00 bits per heavy atom. The molecule has 1 N–H and O–H groups in total. The molecule has 0 radical (unpaired) electrons. The predicted molar refractivity (Wildman–Crippen MR) is 70.2 cm³/mol. The second kappa shape index (κ2) is 9.21. The van der Waals surface area contributed by atoms with E-state index in [0.29, 0.717) is 6.04 Å². The molecular weight excluding hydrogens is 182 g/mol. The second-order valence-electron chi connectivity index (χ2n) is 5.20. The monoisotopic (exact) mass is 213 g/mol. The Kier molecular flexibility index (Phi) is 9.18. The molecule has 0 aromatic rings. The molecule has 0 aromatic heterocycles. The van der Waals surface area contributed by atoms with Crippen LogP contribution in [-0.2, 0) is 0 Å². The first kappa shape index (κ1) is 15.0. The molecule has 0 bridgehead atoms. The highest BCUT2D eigenvalue weighted by Crippen LogP contribution is 2.19. The van der Waals surface area contributed by atoms with Crippen LogP contribution < -0.4 is 5.32 Å². The van der Waals surface area contributed by atoms with Gasteiger partial charge >= 0.3 is 0 Å². The maximum atomic E-state index is 3.47. The summed E-state index contributed by atoms with van der Waals surface area (Å²) in [5, 5.41) is 3.47. The topological polar surface area (TPSA) is 12.0 Å². The Labute approximate surface area is 97.0 Å². The summed E-state index contributed by atoms with van der Waals surface area (Å²) < 4.78 is 0. The quantitative estimate of drug-likeness (QED) is 0.565. The first-order valence-corrected chi connectivity index (χ1v) is 6.80. The van der Waals surface area contributed by atoms with E-state index in [0.717, 1.165) is 11.8 Å². The maximum Gasteiger partial charge on any atom is 0.00921 e. The maximum absolute atomic E-state index is 3.47. The smallest absolute Gasteiger partial charge is 0.00921 e. The van der Waals surface area contributed by atoms with E-state index in [4.69, 9.17) is 0 Å². The molecular formula is C14H31N. The van der Waals surface area contributed by atoms with Crippen molar-refractivity contribution >= 4 is 0 Å². The molecule has 92 valence electrons. The standard InChI is InChI=1S/C14H31N/c1-6-7-8-9-10-11-14(15-5)13(4)12(2)3/h12-15H,6-11H2,1-5H3. The van der Waals surface area contributed by atoms with E-state index >= 15 is 0 Å². The lowest BCUT2D eigenvalue weighted by molar-refractivity contribution is 0.291. The van der Waals surface area contributed by atoms with Crippen LogP contribution in [0.2, 0.25) is 0 Å². The van der Waals surface area contributed by atoms with Gasteiger partial charge in [0.1, 0.15) is 0 Å². The van der Waals surface area contributed by atoms with Gasteiger partial charge in [-0.15, -0.1) is 0 Å². The van der Waals surface area contributed by atoms with Crippen molar-refractivity contribution in [2.24, 2.45) is 11.8 Å². The molecule has 0 aliphatic heterocycles. The van der Waals surface area contributed by atoms with Gasteiger partial charge in [-0.1, -0.05) is 59.8 Å². The third-order valence-electron chi connectivity index (χ3n) is 3.68. The minimum absolute atomic E-state index is 0.714. The second-order valence-corrected chi connectivity index (χ2v) is 5.20. The normalized spacial score (nSPS) is 15.6. The Morgan fingerprint density at radius 1 is 0.933 bits per heavy atom. The summed E-state index contributed by atoms with van der Waals surface area (Å²) >= 11 is 0. The lowest BCUT2D eigenvalue weighted by Crippen LogP contribution is -2.34. The van der Waals surface area contributed by atoms with Gasteiger partial charge in [-0.3, -0.25) is 0 Å². The van der Waals surface area contributed by atoms with Crippen LogP contribution in [0.4, 0.5) is 0 Å². The van der Waals surface area contributed by atoms with Crippen molar-refractivity contribution in [2.75, 3.05) is 7.05 Å². The van der Waals surface area contributed by atoms with Crippen LogP contribution >= 0.6 is 0 Å². The SMILES string of the molecule is CCCCCCCC(NC)C(C)C(C)C. The number of unbranched alkanes of at least 4 members (excludes halogenated alkanes) is 4. The van der Waals surface area contributed by atoms with E-state index in [2.05, 4.69) is 40.1 Å². The van der Waals surface area contributed by atoms with Gasteiger partial charge in [-0.2, -0.15) is 0 Å². The van der Waals surface area contributed by atoms with Crippen LogP contribution in [0.1, 0.15) is 66.2 Å². The summed E-state index contributed by atoms with van der Waals surface area (Å²) in [6, 6.07) is 0.714. The molecule has 0 saturated carbocycles. The van der Waals surface area contributed by atoms with Gasteiger partial charge in [-0.05, 0) is 25.3 Å². The first-order valence-electron chi connectivity index (χ1n) is 6.80. The van der Waals surface area contributed by atoms with Crippen molar-refractivity contribution in [3.63, 3.8) is 0 Å². The summed E-state index contributed by atoms with van der Waals surface area (Å²) in [6.07, 6.45) is 8.32. The molecule has 0 rings (SSSR count). The van der Waals surface area contributed by atoms with Gasteiger partial charge in [0.2, 0.25) is 0 Å². The molecule has 15 heavy (non-hydrogen) atoms. The lowest BCUT2D eigenvalue weighted by Gasteiger charge is -2.26. The Morgan fingerprint density at radius 2 is 1.53 bits per heavy atom. The first-order chi connectivity index (χ1) is 7.13. The van der Waals surface area contributed by atoms with Gasteiger partial charge in [0.25, 0.3) is 0 Å². The van der Waals surface area contributed by atoms with E-state index in [-0.39, 0.29) is 0 Å². The van der Waals surface area contributed by atoms with Crippen LogP contribution in [-0.4, -0.2) is 13.1 Å². The zero-order valence-corrected chi connectivity index (χ0v) is 11.5. The summed E-state index contributed by atoms with van der Waals surface area (Å²) in [5.41, 5.74) is 0. The van der Waals surface area contributed by atoms with Gasteiger partial charge < -0.3 is 5.32 Å². The number of rotatable bonds is 9. The molecule has 1 nitrogen and oxygen atoms in total. The zero-order valence-electron chi connectivity index (χ0n) is 11.5. The van der Waals surface area contributed by atoms with Crippen molar-refractivity contribution in [2.45, 2.75) is 72.3 Å². The fourth-order valence-electron chi connectivity index (χ4n) is 2.10. The van der Waals surface area contributed by atoms with E-state index in [1.165, 1.54) is 38.5 Å². The molecule has 0 saturated heterocycles. The minimum atomic E-state index is 0.714. The molecule has 0 heterocycles. The fourth-order valence-corrected chi connectivity index (χ4v) is 2.10. The fraction of sp³-hybridized carbons (Fsp3) is 1.00. The van der Waals surface area contributed by atoms with Crippen LogP contribution in [0, 0.1) is 11.8 Å². The van der Waals surface area contributed by atoms with E-state index in [9.17, 15) is 0 Å². The van der Waals surface area contributed by atoms with Gasteiger partial charge in [0, 0.05) is 6.04 Å². The van der Waals surface area contributed by atoms with Crippen molar-refractivity contribution in [3.8, 4) is 0 Å². The van der Waals surface area contributed by atoms with Crippen LogP contribution in [0.15, 0.2) is 0 Å². The van der Waals surface area contributed by atoms with E-state index in [1.54, 1.807) is 0 Å². The lowest BCUT2D eigenvalue weighted by atomic mass is 9.87. The summed E-state index contributed by atoms with van der Waals surface area (Å²) in [4.78, 5) is 0. The highest BCUT2D eigenvalue weighted by Gasteiger charge is 2.17. The highest BCUT2D eigenvalue weighted by atomic mass is 14.9. The van der Waals surface area contributed by atoms with Crippen molar-refractivity contribution in [1.82, 2.24) is 5.32 Å². The average Bonchev–Trinajstić information content (AvgIpc) is 2.22. The molecule has 0 aromatic carbocycles. The van der Waals surface area contributed by atoms with E-state index < -0.39 is 0 Å². The molecule has 2 atom stereocenters. The molecule has 2 unspecified atom stereocenters. The molecule has 0 aliphatic carbocycles. The summed E-state index contributed by atoms with van der Waals surface area (Å²) in [6.45, 7) is 9.30.